The average Bonchev–Trinajstić information content (AvgIpc) is 2.72. The highest BCUT2D eigenvalue weighted by Crippen LogP contribution is 2.74. The Balaban J connectivity index is 1.84. The van der Waals surface area contributed by atoms with Gasteiger partial charge in [-0.1, -0.05) is 67.0 Å². The van der Waals surface area contributed by atoms with E-state index in [4.69, 9.17) is 0 Å². The van der Waals surface area contributed by atoms with Crippen molar-refractivity contribution in [2.45, 2.75) is 106 Å². The van der Waals surface area contributed by atoms with Crippen LogP contribution in [0.2, 0.25) is 0 Å². The number of allylic oxidation sites excluding steroid dienone is 2. The van der Waals surface area contributed by atoms with E-state index in [1.165, 1.54) is 0 Å². The maximum absolute atomic E-state index is 12.2. The van der Waals surface area contributed by atoms with E-state index >= 15 is 0 Å². The van der Waals surface area contributed by atoms with Crippen molar-refractivity contribution >= 4 is 12.3 Å². The molecule has 0 aromatic rings. The van der Waals surface area contributed by atoms with Crippen LogP contribution in [-0.2, 0) is 9.59 Å². The van der Waals surface area contributed by atoms with Crippen molar-refractivity contribution in [1.29, 1.82) is 0 Å². The molecule has 34 heavy (non-hydrogen) atoms. The molecule has 4 aliphatic carbocycles. The van der Waals surface area contributed by atoms with Crippen molar-refractivity contribution in [2.24, 2.45) is 56.7 Å². The number of carbonyl (C=O) groups is 2. The fourth-order valence-electron chi connectivity index (χ4n) is 10.2. The SMILES string of the molecule is C[C@H]1[C@H](C)[C@@H](O)C[C@]2(C)CC[C@]3(C)C(=CC[C@@H]4[C@@](C)(CC(=O)O)[C@H](C(C)(C)C=O)CC[C@]43C)[C@H]12. The summed E-state index contributed by atoms with van der Waals surface area (Å²) < 4.78 is 0. The second-order valence-electron chi connectivity index (χ2n) is 14.4. The summed E-state index contributed by atoms with van der Waals surface area (Å²) in [6, 6.07) is 0. The zero-order chi connectivity index (χ0) is 25.5. The molecule has 0 aromatic heterocycles. The first-order valence-electron chi connectivity index (χ1n) is 13.6. The van der Waals surface area contributed by atoms with Gasteiger partial charge in [0.25, 0.3) is 0 Å². The number of carboxylic acid groups (broad SMARTS) is 1. The molecule has 3 saturated carbocycles. The van der Waals surface area contributed by atoms with Gasteiger partial charge < -0.3 is 15.0 Å². The van der Waals surface area contributed by atoms with E-state index < -0.39 is 16.8 Å². The molecule has 0 heterocycles. The molecular weight excluding hydrogens is 424 g/mol. The van der Waals surface area contributed by atoms with Crippen molar-refractivity contribution in [3.63, 3.8) is 0 Å². The Labute approximate surface area is 207 Å². The molecule has 192 valence electrons. The Morgan fingerprint density at radius 1 is 1.12 bits per heavy atom. The maximum Gasteiger partial charge on any atom is 0.303 e. The molecule has 3 fully saturated rings. The second kappa shape index (κ2) is 7.92. The van der Waals surface area contributed by atoms with Gasteiger partial charge in [-0.05, 0) is 89.8 Å². The summed E-state index contributed by atoms with van der Waals surface area (Å²) in [4.78, 5) is 24.3. The molecule has 10 atom stereocenters. The lowest BCUT2D eigenvalue weighted by molar-refractivity contribution is -0.180. The third-order valence-corrected chi connectivity index (χ3v) is 12.4. The number of aliphatic hydroxyl groups excluding tert-OH is 1. The minimum Gasteiger partial charge on any atom is -0.481 e. The van der Waals surface area contributed by atoms with E-state index in [9.17, 15) is 19.8 Å². The number of hydrogen-bond acceptors (Lipinski definition) is 3. The summed E-state index contributed by atoms with van der Waals surface area (Å²) in [6.45, 7) is 18.1. The molecule has 0 amide bonds. The van der Waals surface area contributed by atoms with Crippen molar-refractivity contribution in [1.82, 2.24) is 0 Å². The molecule has 4 rings (SSSR count). The van der Waals surface area contributed by atoms with E-state index in [0.717, 1.165) is 44.8 Å². The monoisotopic (exact) mass is 472 g/mol. The second-order valence-corrected chi connectivity index (χ2v) is 14.4. The Morgan fingerprint density at radius 3 is 2.35 bits per heavy atom. The Bertz CT molecular complexity index is 890. The molecule has 4 heteroatoms. The average molecular weight is 473 g/mol. The van der Waals surface area contributed by atoms with Gasteiger partial charge in [0.1, 0.15) is 6.29 Å². The smallest absolute Gasteiger partial charge is 0.303 e. The van der Waals surface area contributed by atoms with Gasteiger partial charge in [0.05, 0.1) is 12.5 Å². The lowest BCUT2D eigenvalue weighted by atomic mass is 9.34. The normalized spacial score (nSPS) is 50.9. The summed E-state index contributed by atoms with van der Waals surface area (Å²) >= 11 is 0. The van der Waals surface area contributed by atoms with Crippen LogP contribution in [0.3, 0.4) is 0 Å². The van der Waals surface area contributed by atoms with Gasteiger partial charge in [0, 0.05) is 5.41 Å². The van der Waals surface area contributed by atoms with Crippen LogP contribution in [0.1, 0.15) is 100 Å². The van der Waals surface area contributed by atoms with Crippen LogP contribution in [0.4, 0.5) is 0 Å². The van der Waals surface area contributed by atoms with E-state index in [1.54, 1.807) is 5.57 Å². The van der Waals surface area contributed by atoms with Crippen LogP contribution in [0.15, 0.2) is 11.6 Å². The molecule has 0 radical (unpaired) electrons. The van der Waals surface area contributed by atoms with Gasteiger partial charge >= 0.3 is 5.97 Å². The first-order valence-corrected chi connectivity index (χ1v) is 13.6. The quantitative estimate of drug-likeness (QED) is 0.361. The minimum absolute atomic E-state index is 0.00288. The lowest BCUT2D eigenvalue weighted by Gasteiger charge is -2.70. The number of hydrogen-bond donors (Lipinski definition) is 2. The minimum atomic E-state index is -0.752. The third kappa shape index (κ3) is 3.33. The summed E-state index contributed by atoms with van der Waals surface area (Å²) in [7, 11) is 0. The molecule has 4 nitrogen and oxygen atoms in total. The molecule has 2 N–H and O–H groups in total. The molecule has 4 aliphatic rings. The van der Waals surface area contributed by atoms with Crippen LogP contribution < -0.4 is 0 Å². The number of aldehydes is 1. The van der Waals surface area contributed by atoms with Gasteiger partial charge in [-0.25, -0.2) is 0 Å². The van der Waals surface area contributed by atoms with Crippen molar-refractivity contribution in [3.8, 4) is 0 Å². The van der Waals surface area contributed by atoms with E-state index in [1.807, 2.05) is 13.8 Å². The highest BCUT2D eigenvalue weighted by atomic mass is 16.4. The number of carbonyl (C=O) groups excluding carboxylic acids is 1. The summed E-state index contributed by atoms with van der Waals surface area (Å²) in [5.74, 6) is 0.719. The predicted octanol–water partition coefficient (Wildman–Crippen LogP) is 6.51. The van der Waals surface area contributed by atoms with Gasteiger partial charge in [0.2, 0.25) is 0 Å². The topological polar surface area (TPSA) is 74.6 Å². The van der Waals surface area contributed by atoms with Gasteiger partial charge in [-0.3, -0.25) is 4.79 Å². The molecule has 0 aliphatic heterocycles. The first-order chi connectivity index (χ1) is 15.6. The number of carboxylic acids is 1. The number of fused-ring (bicyclic) bond motifs is 5. The molecule has 0 bridgehead atoms. The van der Waals surface area contributed by atoms with Crippen molar-refractivity contribution in [3.05, 3.63) is 11.6 Å². The number of rotatable bonds is 4. The van der Waals surface area contributed by atoms with Gasteiger partial charge in [-0.15, -0.1) is 0 Å². The highest BCUT2D eigenvalue weighted by molar-refractivity contribution is 5.68. The fraction of sp³-hybridized carbons (Fsp3) is 0.867. The Hall–Kier alpha value is -1.16. The summed E-state index contributed by atoms with van der Waals surface area (Å²) in [5.41, 5.74) is 0.767. The molecule has 0 aromatic carbocycles. The molecular formula is C30H48O4. The predicted molar refractivity (Wildman–Crippen MR) is 135 cm³/mol. The summed E-state index contributed by atoms with van der Waals surface area (Å²) in [5, 5.41) is 20.8. The largest absolute Gasteiger partial charge is 0.481 e. The van der Waals surface area contributed by atoms with Crippen LogP contribution in [0.25, 0.3) is 0 Å². The third-order valence-electron chi connectivity index (χ3n) is 12.4. The number of aliphatic carboxylic acids is 1. The van der Waals surface area contributed by atoms with Crippen molar-refractivity contribution < 1.29 is 19.8 Å². The van der Waals surface area contributed by atoms with E-state index in [2.05, 4.69) is 47.6 Å². The summed E-state index contributed by atoms with van der Waals surface area (Å²) in [6.07, 6.45) is 9.38. The van der Waals surface area contributed by atoms with Crippen LogP contribution >= 0.6 is 0 Å². The zero-order valence-corrected chi connectivity index (χ0v) is 22.8. The lowest BCUT2D eigenvalue weighted by Crippen LogP contribution is -2.63. The first kappa shape index (κ1) is 25.9. The molecule has 0 unspecified atom stereocenters. The van der Waals surface area contributed by atoms with Gasteiger partial charge in [-0.2, -0.15) is 0 Å². The van der Waals surface area contributed by atoms with Crippen LogP contribution in [0.5, 0.6) is 0 Å². The molecule has 0 saturated heterocycles. The highest BCUT2D eigenvalue weighted by Gasteiger charge is 2.67. The maximum atomic E-state index is 12.2. The van der Waals surface area contributed by atoms with E-state index in [-0.39, 0.29) is 46.5 Å². The number of aliphatic hydroxyl groups is 1. The van der Waals surface area contributed by atoms with Gasteiger partial charge in [0.15, 0.2) is 0 Å². The fourth-order valence-corrected chi connectivity index (χ4v) is 10.2. The van der Waals surface area contributed by atoms with Crippen LogP contribution in [-0.4, -0.2) is 28.6 Å². The zero-order valence-electron chi connectivity index (χ0n) is 22.8. The standard InChI is InChI=1S/C30H48O4/c1-18-19(2)25-20-9-10-23-28(6,16-24(33)34)22(26(3,4)17-31)11-12-30(23,8)29(20,7)14-13-27(25,5)15-21(18)32/h9,17-19,21-23,25,32H,10-16H2,1-8H3,(H,33,34)/t18-,19-,21-,22-,23+,25-,27-,28-,29+,30+/m0/s1. The Morgan fingerprint density at radius 2 is 1.76 bits per heavy atom. The Kier molecular flexibility index (Phi) is 6.04. The van der Waals surface area contributed by atoms with Crippen molar-refractivity contribution in [2.75, 3.05) is 0 Å². The van der Waals surface area contributed by atoms with E-state index in [0.29, 0.717) is 11.8 Å². The van der Waals surface area contributed by atoms with Crippen LogP contribution in [0, 0.1) is 56.7 Å². The molecule has 0 spiro atoms.